The molecule has 6 heteroatoms. The van der Waals surface area contributed by atoms with Crippen LogP contribution in [0.2, 0.25) is 0 Å². The van der Waals surface area contributed by atoms with Crippen LogP contribution in [-0.2, 0) is 4.79 Å². The molecule has 1 saturated heterocycles. The van der Waals surface area contributed by atoms with Crippen LogP contribution in [0.25, 0.3) is 0 Å². The monoisotopic (exact) mass is 215 g/mol. The molecule has 0 radical (unpaired) electrons. The molecule has 0 spiro atoms. The molecule has 86 valence electrons. The molecule has 15 heavy (non-hydrogen) atoms. The van der Waals surface area contributed by atoms with Gasteiger partial charge in [0, 0.05) is 33.2 Å². The molecule has 1 fully saturated rings. The zero-order chi connectivity index (χ0) is 11.3. The lowest BCUT2D eigenvalue weighted by Crippen LogP contribution is -2.40. The fourth-order valence-corrected chi connectivity index (χ4v) is 1.68. The van der Waals surface area contributed by atoms with Gasteiger partial charge in [0.25, 0.3) is 0 Å². The fourth-order valence-electron chi connectivity index (χ4n) is 1.68. The number of carbonyl (C=O) groups excluding carboxylic acids is 1. The van der Waals surface area contributed by atoms with Crippen molar-refractivity contribution in [2.45, 2.75) is 6.42 Å². The number of urea groups is 1. The van der Waals surface area contributed by atoms with E-state index in [4.69, 9.17) is 5.11 Å². The van der Waals surface area contributed by atoms with E-state index in [0.717, 1.165) is 13.0 Å². The third-order valence-electron chi connectivity index (χ3n) is 2.45. The molecule has 0 atom stereocenters. The maximum Gasteiger partial charge on any atom is 0.317 e. The van der Waals surface area contributed by atoms with Crippen LogP contribution in [-0.4, -0.2) is 66.7 Å². The first-order chi connectivity index (χ1) is 7.13. The average Bonchev–Trinajstić information content (AvgIpc) is 2.41. The minimum absolute atomic E-state index is 0.0571. The normalized spacial score (nSPS) is 18.3. The number of nitrogens with zero attached hydrogens (tertiary/aromatic N) is 2. The van der Waals surface area contributed by atoms with Gasteiger partial charge in [0.05, 0.1) is 6.54 Å². The Bertz CT molecular complexity index is 245. The van der Waals surface area contributed by atoms with Gasteiger partial charge in [-0.1, -0.05) is 0 Å². The van der Waals surface area contributed by atoms with Crippen LogP contribution < -0.4 is 5.32 Å². The second-order valence-corrected chi connectivity index (χ2v) is 3.57. The molecule has 0 saturated carbocycles. The van der Waals surface area contributed by atoms with Crippen LogP contribution in [0.5, 0.6) is 0 Å². The molecule has 1 aliphatic rings. The first kappa shape index (κ1) is 11.8. The van der Waals surface area contributed by atoms with Crippen LogP contribution in [0.15, 0.2) is 0 Å². The second kappa shape index (κ2) is 5.55. The molecule has 0 unspecified atom stereocenters. The van der Waals surface area contributed by atoms with Crippen molar-refractivity contribution in [3.05, 3.63) is 0 Å². The van der Waals surface area contributed by atoms with Gasteiger partial charge in [0.2, 0.25) is 0 Å². The van der Waals surface area contributed by atoms with E-state index in [-0.39, 0.29) is 12.6 Å². The first-order valence-corrected chi connectivity index (χ1v) is 5.04. The third kappa shape index (κ3) is 3.75. The van der Waals surface area contributed by atoms with E-state index < -0.39 is 5.97 Å². The minimum Gasteiger partial charge on any atom is -0.480 e. The first-order valence-electron chi connectivity index (χ1n) is 5.04. The molecule has 0 aromatic rings. The van der Waals surface area contributed by atoms with Gasteiger partial charge in [0.15, 0.2) is 0 Å². The Morgan fingerprint density at radius 3 is 2.60 bits per heavy atom. The Hall–Kier alpha value is -1.30. The third-order valence-corrected chi connectivity index (χ3v) is 2.45. The Balaban J connectivity index is 2.41. The molecule has 6 nitrogen and oxygen atoms in total. The highest BCUT2D eigenvalue weighted by atomic mass is 16.4. The van der Waals surface area contributed by atoms with E-state index in [2.05, 4.69) is 5.32 Å². The molecule has 1 rings (SSSR count). The number of hydrogen-bond donors (Lipinski definition) is 2. The van der Waals surface area contributed by atoms with Gasteiger partial charge in [-0.3, -0.25) is 9.69 Å². The van der Waals surface area contributed by atoms with Crippen LogP contribution in [0.4, 0.5) is 4.79 Å². The summed E-state index contributed by atoms with van der Waals surface area (Å²) in [7, 11) is 1.60. The number of carboxylic acids is 1. The fraction of sp³-hybridized carbons (Fsp3) is 0.778. The number of hydrogen-bond acceptors (Lipinski definition) is 3. The summed E-state index contributed by atoms with van der Waals surface area (Å²) >= 11 is 0. The van der Waals surface area contributed by atoms with Crippen molar-refractivity contribution >= 4 is 12.0 Å². The molecule has 0 aromatic carbocycles. The van der Waals surface area contributed by atoms with Crippen LogP contribution >= 0.6 is 0 Å². The summed E-state index contributed by atoms with van der Waals surface area (Å²) in [5.74, 6) is -0.816. The zero-order valence-electron chi connectivity index (χ0n) is 8.90. The number of nitrogens with one attached hydrogen (secondary N) is 1. The van der Waals surface area contributed by atoms with E-state index in [9.17, 15) is 9.59 Å². The largest absolute Gasteiger partial charge is 0.480 e. The summed E-state index contributed by atoms with van der Waals surface area (Å²) in [4.78, 5) is 25.4. The van der Waals surface area contributed by atoms with Gasteiger partial charge < -0.3 is 15.3 Å². The lowest BCUT2D eigenvalue weighted by molar-refractivity contribution is -0.138. The topological polar surface area (TPSA) is 72.9 Å². The highest BCUT2D eigenvalue weighted by molar-refractivity contribution is 5.73. The van der Waals surface area contributed by atoms with Crippen molar-refractivity contribution in [2.75, 3.05) is 39.8 Å². The highest BCUT2D eigenvalue weighted by Crippen LogP contribution is 2.02. The summed E-state index contributed by atoms with van der Waals surface area (Å²) in [5.41, 5.74) is 0. The van der Waals surface area contributed by atoms with Crippen LogP contribution in [0.1, 0.15) is 6.42 Å². The van der Waals surface area contributed by atoms with Gasteiger partial charge in [-0.05, 0) is 6.42 Å². The zero-order valence-corrected chi connectivity index (χ0v) is 8.90. The standard InChI is InChI=1S/C9H17N3O3/c1-10-9(15)12-4-2-3-11(5-6-12)7-8(13)14/h2-7H2,1H3,(H,10,15)(H,13,14). The van der Waals surface area contributed by atoms with E-state index in [1.807, 2.05) is 4.90 Å². The number of carboxylic acid groups (broad SMARTS) is 1. The second-order valence-electron chi connectivity index (χ2n) is 3.57. The summed E-state index contributed by atoms with van der Waals surface area (Å²) in [6.07, 6.45) is 0.820. The molecule has 0 aromatic heterocycles. The van der Waals surface area contributed by atoms with Crippen molar-refractivity contribution in [1.29, 1.82) is 0 Å². The van der Waals surface area contributed by atoms with Crippen LogP contribution in [0, 0.1) is 0 Å². The Morgan fingerprint density at radius 1 is 1.27 bits per heavy atom. The molecule has 0 bridgehead atoms. The van der Waals surface area contributed by atoms with Crippen LogP contribution in [0.3, 0.4) is 0 Å². The van der Waals surface area contributed by atoms with E-state index in [0.29, 0.717) is 19.6 Å². The smallest absolute Gasteiger partial charge is 0.317 e. The summed E-state index contributed by atoms with van der Waals surface area (Å²) in [5, 5.41) is 11.2. The van der Waals surface area contributed by atoms with Crippen molar-refractivity contribution in [3.8, 4) is 0 Å². The van der Waals surface area contributed by atoms with Crippen molar-refractivity contribution < 1.29 is 14.7 Å². The van der Waals surface area contributed by atoms with Crippen molar-refractivity contribution in [2.24, 2.45) is 0 Å². The molecule has 0 aliphatic carbocycles. The Labute approximate surface area is 88.8 Å². The van der Waals surface area contributed by atoms with E-state index in [1.165, 1.54) is 0 Å². The quantitative estimate of drug-likeness (QED) is 0.646. The predicted octanol–water partition coefficient (Wildman–Crippen LogP) is -0.582. The number of rotatable bonds is 2. The van der Waals surface area contributed by atoms with Gasteiger partial charge in [-0.2, -0.15) is 0 Å². The van der Waals surface area contributed by atoms with Gasteiger partial charge >= 0.3 is 12.0 Å². The SMILES string of the molecule is CNC(=O)N1CCCN(CC(=O)O)CC1. The maximum absolute atomic E-state index is 11.3. The minimum atomic E-state index is -0.816. The number of amides is 2. The lowest BCUT2D eigenvalue weighted by Gasteiger charge is -2.20. The molecular weight excluding hydrogens is 198 g/mol. The Morgan fingerprint density at radius 2 is 2.00 bits per heavy atom. The summed E-state index contributed by atoms with van der Waals surface area (Å²) in [6.45, 7) is 2.70. The maximum atomic E-state index is 11.3. The lowest BCUT2D eigenvalue weighted by atomic mass is 10.4. The van der Waals surface area contributed by atoms with Crippen molar-refractivity contribution in [3.63, 3.8) is 0 Å². The van der Waals surface area contributed by atoms with Gasteiger partial charge in [0.1, 0.15) is 0 Å². The number of carbonyl (C=O) groups is 2. The molecule has 1 heterocycles. The molecule has 2 N–H and O–H groups in total. The van der Waals surface area contributed by atoms with Gasteiger partial charge in [-0.25, -0.2) is 4.79 Å². The van der Waals surface area contributed by atoms with Crippen molar-refractivity contribution in [1.82, 2.24) is 15.1 Å². The molecule has 2 amide bonds. The highest BCUT2D eigenvalue weighted by Gasteiger charge is 2.18. The van der Waals surface area contributed by atoms with Gasteiger partial charge in [-0.15, -0.1) is 0 Å². The number of aliphatic carboxylic acids is 1. The average molecular weight is 215 g/mol. The molecular formula is C9H17N3O3. The molecule has 1 aliphatic heterocycles. The van der Waals surface area contributed by atoms with E-state index in [1.54, 1.807) is 11.9 Å². The van der Waals surface area contributed by atoms with E-state index >= 15 is 0 Å². The summed E-state index contributed by atoms with van der Waals surface area (Å²) < 4.78 is 0. The predicted molar refractivity (Wildman–Crippen MR) is 54.7 cm³/mol. The Kier molecular flexibility index (Phi) is 4.36. The summed E-state index contributed by atoms with van der Waals surface area (Å²) in [6, 6.07) is -0.0906.